The van der Waals surface area contributed by atoms with Gasteiger partial charge in [0, 0.05) is 6.54 Å². The standard InChI is InChI=1S/C12H19NO.C4H10.C2H6.CH4/c1-10(2)12-6-4-11(5-7-12)8-13(3)9-14;1-4(2)3;1-2;/h4-7,10,14H,8-9H2,1-3H3;4H,1-3H3;1-2H3;1H4. The lowest BCUT2D eigenvalue weighted by Gasteiger charge is -2.13. The smallest absolute Gasteiger partial charge is 0.0956 e. The summed E-state index contributed by atoms with van der Waals surface area (Å²) >= 11 is 0. The molecule has 0 atom stereocenters. The predicted molar refractivity (Wildman–Crippen MR) is 97.7 cm³/mol. The lowest BCUT2D eigenvalue weighted by Crippen LogP contribution is -2.18. The van der Waals surface area contributed by atoms with Crippen LogP contribution in [0.15, 0.2) is 24.3 Å². The van der Waals surface area contributed by atoms with E-state index in [9.17, 15) is 0 Å². The first kappa shape index (κ1) is 25.1. The van der Waals surface area contributed by atoms with Gasteiger partial charge in [0.05, 0.1) is 6.73 Å². The van der Waals surface area contributed by atoms with Crippen molar-refractivity contribution < 1.29 is 5.11 Å². The van der Waals surface area contributed by atoms with Crippen LogP contribution in [0.25, 0.3) is 0 Å². The SMILES string of the molecule is C.CC.CC(C)C.CC(C)c1ccc(CN(C)CO)cc1. The molecule has 0 bridgehead atoms. The van der Waals surface area contributed by atoms with Gasteiger partial charge in [0.2, 0.25) is 0 Å². The highest BCUT2D eigenvalue weighted by molar-refractivity contribution is 5.24. The zero-order valence-electron chi connectivity index (χ0n) is 14.8. The summed E-state index contributed by atoms with van der Waals surface area (Å²) in [5, 5.41) is 8.86. The Bertz CT molecular complexity index is 301. The molecule has 126 valence electrons. The zero-order valence-corrected chi connectivity index (χ0v) is 14.8. The van der Waals surface area contributed by atoms with Gasteiger partial charge in [-0.3, -0.25) is 4.90 Å². The summed E-state index contributed by atoms with van der Waals surface area (Å²) in [7, 11) is 1.90. The van der Waals surface area contributed by atoms with E-state index in [0.717, 1.165) is 12.5 Å². The number of hydrogen-bond acceptors (Lipinski definition) is 2. The highest BCUT2D eigenvalue weighted by atomic mass is 16.3. The first-order valence-electron chi connectivity index (χ1n) is 7.75. The summed E-state index contributed by atoms with van der Waals surface area (Å²) in [6.07, 6.45) is 0. The normalized spacial score (nSPS) is 9.52. The fraction of sp³-hybridized carbons (Fsp3) is 0.684. The molecule has 2 nitrogen and oxygen atoms in total. The van der Waals surface area contributed by atoms with Crippen molar-refractivity contribution in [1.29, 1.82) is 0 Å². The number of aliphatic hydroxyl groups is 1. The van der Waals surface area contributed by atoms with Gasteiger partial charge in [-0.1, -0.05) is 80.2 Å². The van der Waals surface area contributed by atoms with E-state index < -0.39 is 0 Å². The van der Waals surface area contributed by atoms with Gasteiger partial charge in [-0.2, -0.15) is 0 Å². The van der Waals surface area contributed by atoms with E-state index in [1.807, 2.05) is 25.8 Å². The Morgan fingerprint density at radius 2 is 1.33 bits per heavy atom. The van der Waals surface area contributed by atoms with Crippen LogP contribution in [0.1, 0.15) is 72.9 Å². The molecule has 1 aromatic carbocycles. The Morgan fingerprint density at radius 1 is 0.952 bits per heavy atom. The van der Waals surface area contributed by atoms with Crippen LogP contribution in [0.2, 0.25) is 0 Å². The fourth-order valence-electron chi connectivity index (χ4n) is 1.37. The van der Waals surface area contributed by atoms with Crippen molar-refractivity contribution >= 4 is 0 Å². The van der Waals surface area contributed by atoms with Gasteiger partial charge in [0.1, 0.15) is 0 Å². The summed E-state index contributed by atoms with van der Waals surface area (Å²) < 4.78 is 0. The molecular formula is C19H39NO. The van der Waals surface area contributed by atoms with E-state index in [1.54, 1.807) is 0 Å². The summed E-state index contributed by atoms with van der Waals surface area (Å²) in [6.45, 7) is 15.8. The molecule has 0 heterocycles. The monoisotopic (exact) mass is 297 g/mol. The highest BCUT2D eigenvalue weighted by Gasteiger charge is 2.00. The number of benzene rings is 1. The minimum absolute atomic E-state index is 0. The molecule has 0 saturated carbocycles. The average molecular weight is 298 g/mol. The van der Waals surface area contributed by atoms with Crippen molar-refractivity contribution in [3.8, 4) is 0 Å². The first-order chi connectivity index (χ1) is 9.36. The molecule has 0 aliphatic carbocycles. The summed E-state index contributed by atoms with van der Waals surface area (Å²) in [5.41, 5.74) is 2.60. The molecule has 0 fully saturated rings. The molecule has 0 radical (unpaired) electrons. The molecule has 0 spiro atoms. The van der Waals surface area contributed by atoms with Crippen molar-refractivity contribution in [2.45, 2.75) is 68.4 Å². The van der Waals surface area contributed by atoms with Gasteiger partial charge < -0.3 is 5.11 Å². The maximum absolute atomic E-state index is 8.86. The lowest BCUT2D eigenvalue weighted by molar-refractivity contribution is 0.127. The molecular weight excluding hydrogens is 258 g/mol. The lowest BCUT2D eigenvalue weighted by atomic mass is 10.0. The Kier molecular flexibility index (Phi) is 18.6. The molecule has 0 saturated heterocycles. The quantitative estimate of drug-likeness (QED) is 0.740. The van der Waals surface area contributed by atoms with Crippen LogP contribution >= 0.6 is 0 Å². The van der Waals surface area contributed by atoms with Gasteiger partial charge in [-0.15, -0.1) is 0 Å². The van der Waals surface area contributed by atoms with Crippen molar-refractivity contribution in [2.75, 3.05) is 13.8 Å². The van der Waals surface area contributed by atoms with Gasteiger partial charge in [-0.25, -0.2) is 0 Å². The van der Waals surface area contributed by atoms with Crippen molar-refractivity contribution in [2.24, 2.45) is 5.92 Å². The van der Waals surface area contributed by atoms with Crippen molar-refractivity contribution in [3.63, 3.8) is 0 Å². The van der Waals surface area contributed by atoms with E-state index >= 15 is 0 Å². The molecule has 1 aromatic rings. The van der Waals surface area contributed by atoms with Crippen molar-refractivity contribution in [1.82, 2.24) is 4.90 Å². The van der Waals surface area contributed by atoms with E-state index in [0.29, 0.717) is 5.92 Å². The second kappa shape index (κ2) is 15.5. The second-order valence-electron chi connectivity index (χ2n) is 5.78. The number of hydrogen-bond donors (Lipinski definition) is 1. The van der Waals surface area contributed by atoms with Crippen LogP contribution in [0, 0.1) is 5.92 Å². The molecule has 0 aliphatic heterocycles. The number of aliphatic hydroxyl groups excluding tert-OH is 1. The Balaban J connectivity index is -0.000000401. The van der Waals surface area contributed by atoms with Crippen LogP contribution in [0.5, 0.6) is 0 Å². The van der Waals surface area contributed by atoms with Gasteiger partial charge >= 0.3 is 0 Å². The Morgan fingerprint density at radius 3 is 1.62 bits per heavy atom. The number of nitrogens with zero attached hydrogens (tertiary/aromatic N) is 1. The molecule has 1 N–H and O–H groups in total. The largest absolute Gasteiger partial charge is 0.381 e. The third-order valence-electron chi connectivity index (χ3n) is 2.34. The molecule has 0 amide bonds. The third kappa shape index (κ3) is 15.3. The molecule has 0 aliphatic rings. The first-order valence-corrected chi connectivity index (χ1v) is 7.75. The summed E-state index contributed by atoms with van der Waals surface area (Å²) in [6, 6.07) is 8.57. The van der Waals surface area contributed by atoms with Gasteiger partial charge in [0.25, 0.3) is 0 Å². The van der Waals surface area contributed by atoms with Crippen LogP contribution in [-0.2, 0) is 6.54 Å². The maximum Gasteiger partial charge on any atom is 0.0956 e. The zero-order chi connectivity index (χ0) is 16.1. The summed E-state index contributed by atoms with van der Waals surface area (Å²) in [4.78, 5) is 1.87. The van der Waals surface area contributed by atoms with Crippen molar-refractivity contribution in [3.05, 3.63) is 35.4 Å². The number of rotatable bonds is 4. The molecule has 0 aromatic heterocycles. The minimum Gasteiger partial charge on any atom is -0.381 e. The van der Waals surface area contributed by atoms with Gasteiger partial charge in [0.15, 0.2) is 0 Å². The van der Waals surface area contributed by atoms with E-state index in [1.165, 1.54) is 11.1 Å². The van der Waals surface area contributed by atoms with E-state index in [4.69, 9.17) is 5.11 Å². The van der Waals surface area contributed by atoms with E-state index in [-0.39, 0.29) is 14.2 Å². The molecule has 1 rings (SSSR count). The fourth-order valence-corrected chi connectivity index (χ4v) is 1.37. The Labute approximate surface area is 134 Å². The predicted octanol–water partition coefficient (Wildman–Crippen LogP) is 5.52. The van der Waals surface area contributed by atoms with Gasteiger partial charge in [-0.05, 0) is 30.0 Å². The molecule has 21 heavy (non-hydrogen) atoms. The third-order valence-corrected chi connectivity index (χ3v) is 2.34. The summed E-state index contributed by atoms with van der Waals surface area (Å²) in [5.74, 6) is 1.42. The second-order valence-corrected chi connectivity index (χ2v) is 5.78. The Hall–Kier alpha value is -0.860. The molecule has 0 unspecified atom stereocenters. The highest BCUT2D eigenvalue weighted by Crippen LogP contribution is 2.15. The van der Waals surface area contributed by atoms with Crippen LogP contribution in [0.3, 0.4) is 0 Å². The minimum atomic E-state index is 0. The van der Waals surface area contributed by atoms with Crippen LogP contribution < -0.4 is 0 Å². The molecule has 2 heteroatoms. The average Bonchev–Trinajstić information content (AvgIpc) is 2.41. The topological polar surface area (TPSA) is 23.5 Å². The van der Waals surface area contributed by atoms with E-state index in [2.05, 4.69) is 58.9 Å². The van der Waals surface area contributed by atoms with Crippen LogP contribution in [0.4, 0.5) is 0 Å². The van der Waals surface area contributed by atoms with Crippen LogP contribution in [-0.4, -0.2) is 23.8 Å². The maximum atomic E-state index is 8.86.